The predicted molar refractivity (Wildman–Crippen MR) is 107 cm³/mol. The second kappa shape index (κ2) is 8.67. The van der Waals surface area contributed by atoms with Gasteiger partial charge in [0.15, 0.2) is 0 Å². The maximum absolute atomic E-state index is 13.0. The molecular weight excluding hydrogens is 340 g/mol. The third-order valence-corrected chi connectivity index (χ3v) is 5.69. The molecule has 1 unspecified atom stereocenters. The van der Waals surface area contributed by atoms with Crippen molar-refractivity contribution in [2.24, 2.45) is 0 Å². The summed E-state index contributed by atoms with van der Waals surface area (Å²) in [5.74, 6) is 0. The molecule has 1 N–H and O–H groups in total. The lowest BCUT2D eigenvalue weighted by atomic mass is 9.99. The van der Waals surface area contributed by atoms with Gasteiger partial charge in [-0.15, -0.1) is 0 Å². The zero-order chi connectivity index (χ0) is 18.5. The Morgan fingerprint density at radius 3 is 2.96 bits per heavy atom. The monoisotopic (exact) mass is 368 g/mol. The molecule has 2 fully saturated rings. The summed E-state index contributed by atoms with van der Waals surface area (Å²) in [5, 5.41) is 5.22. The fraction of sp³-hybridized carbons (Fsp3) is 0.524. The van der Waals surface area contributed by atoms with Crippen LogP contribution in [0.2, 0.25) is 0 Å². The molecule has 0 saturated carbocycles. The van der Waals surface area contributed by atoms with E-state index in [2.05, 4.69) is 15.2 Å². The van der Waals surface area contributed by atoms with E-state index in [1.807, 2.05) is 35.4 Å². The van der Waals surface area contributed by atoms with Crippen LogP contribution in [0.25, 0.3) is 10.8 Å². The Labute approximate surface area is 160 Å². The first-order chi connectivity index (χ1) is 13.3. The third kappa shape index (κ3) is 4.39. The van der Waals surface area contributed by atoms with Crippen LogP contribution in [0.4, 0.5) is 10.5 Å². The Kier molecular flexibility index (Phi) is 5.84. The second-order valence-electron chi connectivity index (χ2n) is 7.42. The van der Waals surface area contributed by atoms with Crippen LogP contribution < -0.4 is 5.32 Å². The van der Waals surface area contributed by atoms with E-state index in [9.17, 15) is 4.79 Å². The fourth-order valence-electron chi connectivity index (χ4n) is 4.14. The molecule has 2 saturated heterocycles. The molecule has 1 atom stereocenters. The third-order valence-electron chi connectivity index (χ3n) is 5.69. The van der Waals surface area contributed by atoms with Gasteiger partial charge in [0, 0.05) is 55.4 Å². The number of piperidine rings is 1. The Hall–Kier alpha value is -2.18. The Morgan fingerprint density at radius 2 is 2.07 bits per heavy atom. The number of fused-ring (bicyclic) bond motifs is 1. The Morgan fingerprint density at radius 1 is 1.19 bits per heavy atom. The molecular formula is C21H28N4O2. The molecule has 2 aliphatic rings. The minimum Gasteiger partial charge on any atom is -0.379 e. The smallest absolute Gasteiger partial charge is 0.322 e. The van der Waals surface area contributed by atoms with E-state index in [4.69, 9.17) is 4.74 Å². The molecule has 1 aromatic carbocycles. The molecule has 1 aromatic heterocycles. The number of urea groups is 1. The zero-order valence-corrected chi connectivity index (χ0v) is 15.8. The highest BCUT2D eigenvalue weighted by molar-refractivity contribution is 6.01. The normalized spacial score (nSPS) is 21.3. The van der Waals surface area contributed by atoms with Crippen molar-refractivity contribution in [1.29, 1.82) is 0 Å². The van der Waals surface area contributed by atoms with Gasteiger partial charge in [-0.05, 0) is 37.8 Å². The fourth-order valence-corrected chi connectivity index (χ4v) is 4.14. The molecule has 0 aliphatic carbocycles. The number of pyridine rings is 1. The quantitative estimate of drug-likeness (QED) is 0.899. The lowest BCUT2D eigenvalue weighted by molar-refractivity contribution is 0.0329. The molecule has 2 aliphatic heterocycles. The average molecular weight is 368 g/mol. The highest BCUT2D eigenvalue weighted by Gasteiger charge is 2.27. The molecule has 2 aromatic rings. The van der Waals surface area contributed by atoms with Gasteiger partial charge < -0.3 is 15.0 Å². The number of carbonyl (C=O) groups is 1. The zero-order valence-electron chi connectivity index (χ0n) is 15.8. The minimum atomic E-state index is 0.0194. The summed E-state index contributed by atoms with van der Waals surface area (Å²) in [6, 6.07) is 8.24. The summed E-state index contributed by atoms with van der Waals surface area (Å²) in [6.07, 6.45) is 8.02. The number of hydrogen-bond donors (Lipinski definition) is 1. The molecule has 3 heterocycles. The number of ether oxygens (including phenoxy) is 1. The highest BCUT2D eigenvalue weighted by atomic mass is 16.5. The van der Waals surface area contributed by atoms with Crippen molar-refractivity contribution in [3.8, 4) is 0 Å². The number of likely N-dealkylation sites (tertiary alicyclic amines) is 1. The van der Waals surface area contributed by atoms with Crippen LogP contribution in [-0.4, -0.2) is 66.2 Å². The van der Waals surface area contributed by atoms with Crippen LogP contribution in [-0.2, 0) is 4.74 Å². The van der Waals surface area contributed by atoms with Gasteiger partial charge in [-0.1, -0.05) is 12.1 Å². The van der Waals surface area contributed by atoms with Crippen LogP contribution in [0.5, 0.6) is 0 Å². The summed E-state index contributed by atoms with van der Waals surface area (Å²) in [4.78, 5) is 21.7. The molecule has 0 bridgehead atoms. The molecule has 6 nitrogen and oxygen atoms in total. The summed E-state index contributed by atoms with van der Waals surface area (Å²) in [6.45, 7) is 5.53. The average Bonchev–Trinajstić information content (AvgIpc) is 2.73. The second-order valence-corrected chi connectivity index (χ2v) is 7.42. The number of amides is 2. The number of rotatable bonds is 4. The summed E-state index contributed by atoms with van der Waals surface area (Å²) >= 11 is 0. The van der Waals surface area contributed by atoms with E-state index in [-0.39, 0.29) is 6.03 Å². The summed E-state index contributed by atoms with van der Waals surface area (Å²) in [5.41, 5.74) is 0.859. The van der Waals surface area contributed by atoms with Crippen LogP contribution in [0.1, 0.15) is 25.7 Å². The van der Waals surface area contributed by atoms with Gasteiger partial charge in [-0.2, -0.15) is 0 Å². The van der Waals surface area contributed by atoms with Gasteiger partial charge in [-0.25, -0.2) is 4.79 Å². The summed E-state index contributed by atoms with van der Waals surface area (Å²) < 4.78 is 5.43. The number of aromatic nitrogens is 1. The molecule has 4 rings (SSSR count). The minimum absolute atomic E-state index is 0.0194. The van der Waals surface area contributed by atoms with Crippen molar-refractivity contribution in [3.63, 3.8) is 0 Å². The van der Waals surface area contributed by atoms with Gasteiger partial charge >= 0.3 is 6.03 Å². The molecule has 0 spiro atoms. The maximum Gasteiger partial charge on any atom is 0.322 e. The van der Waals surface area contributed by atoms with Gasteiger partial charge in [0.25, 0.3) is 0 Å². The van der Waals surface area contributed by atoms with E-state index in [0.29, 0.717) is 6.04 Å². The lowest BCUT2D eigenvalue weighted by Gasteiger charge is -2.37. The first-order valence-corrected chi connectivity index (χ1v) is 10.0. The number of benzene rings is 1. The molecule has 144 valence electrons. The van der Waals surface area contributed by atoms with Crippen molar-refractivity contribution in [2.45, 2.75) is 31.7 Å². The molecule has 6 heteroatoms. The van der Waals surface area contributed by atoms with E-state index in [1.165, 1.54) is 6.42 Å². The SMILES string of the molecule is O=C(Nc1cccc2cnccc12)N1CCCCC1CCN1CCOCC1. The number of hydrogen-bond acceptors (Lipinski definition) is 4. The van der Waals surface area contributed by atoms with Gasteiger partial charge in [-0.3, -0.25) is 9.88 Å². The molecule has 0 radical (unpaired) electrons. The van der Waals surface area contributed by atoms with E-state index in [1.54, 1.807) is 6.20 Å². The Bertz CT molecular complexity index is 770. The molecule has 27 heavy (non-hydrogen) atoms. The van der Waals surface area contributed by atoms with Crippen molar-refractivity contribution in [3.05, 3.63) is 36.7 Å². The van der Waals surface area contributed by atoms with Crippen molar-refractivity contribution >= 4 is 22.5 Å². The van der Waals surface area contributed by atoms with Crippen molar-refractivity contribution < 1.29 is 9.53 Å². The van der Waals surface area contributed by atoms with Crippen LogP contribution in [0.15, 0.2) is 36.7 Å². The molecule has 2 amide bonds. The number of nitrogens with zero attached hydrogens (tertiary/aromatic N) is 3. The van der Waals surface area contributed by atoms with Crippen LogP contribution in [0.3, 0.4) is 0 Å². The highest BCUT2D eigenvalue weighted by Crippen LogP contribution is 2.25. The maximum atomic E-state index is 13.0. The Balaban J connectivity index is 1.42. The first kappa shape index (κ1) is 18.2. The first-order valence-electron chi connectivity index (χ1n) is 10.0. The standard InChI is InChI=1S/C21H28N4O2/c26-21(23-20-6-3-4-17-16-22-9-7-19(17)20)25-10-2-1-5-18(25)8-11-24-12-14-27-15-13-24/h3-4,6-7,9,16,18H,1-2,5,8,10-15H2,(H,23,26). The van der Waals surface area contributed by atoms with Crippen LogP contribution in [0, 0.1) is 0 Å². The lowest BCUT2D eigenvalue weighted by Crippen LogP contribution is -2.48. The van der Waals surface area contributed by atoms with Gasteiger partial charge in [0.1, 0.15) is 0 Å². The van der Waals surface area contributed by atoms with Gasteiger partial charge in [0.2, 0.25) is 0 Å². The largest absolute Gasteiger partial charge is 0.379 e. The van der Waals surface area contributed by atoms with Crippen molar-refractivity contribution in [2.75, 3.05) is 44.7 Å². The predicted octanol–water partition coefficient (Wildman–Crippen LogP) is 3.34. The topological polar surface area (TPSA) is 57.7 Å². The van der Waals surface area contributed by atoms with E-state index < -0.39 is 0 Å². The number of nitrogens with one attached hydrogen (secondary N) is 1. The number of morpholine rings is 1. The number of carbonyl (C=O) groups excluding carboxylic acids is 1. The summed E-state index contributed by atoms with van der Waals surface area (Å²) in [7, 11) is 0. The number of anilines is 1. The van der Waals surface area contributed by atoms with Crippen LogP contribution >= 0.6 is 0 Å². The van der Waals surface area contributed by atoms with Crippen molar-refractivity contribution in [1.82, 2.24) is 14.8 Å². The van der Waals surface area contributed by atoms with Gasteiger partial charge in [0.05, 0.1) is 18.9 Å². The van der Waals surface area contributed by atoms with E-state index in [0.717, 1.165) is 75.1 Å². The van der Waals surface area contributed by atoms with E-state index >= 15 is 0 Å².